The van der Waals surface area contributed by atoms with E-state index in [4.69, 9.17) is 4.74 Å². The highest BCUT2D eigenvalue weighted by Gasteiger charge is 2.03. The molecule has 0 radical (unpaired) electrons. The topological polar surface area (TPSA) is 67.4 Å². The van der Waals surface area contributed by atoms with Crippen LogP contribution in [-0.2, 0) is 20.7 Å². The summed E-state index contributed by atoms with van der Waals surface area (Å²) in [4.78, 5) is 22.5. The molecule has 1 rings (SSSR count). The van der Waals surface area contributed by atoms with Crippen molar-refractivity contribution >= 4 is 17.5 Å². The van der Waals surface area contributed by atoms with Crippen LogP contribution in [0.1, 0.15) is 12.5 Å². The Labute approximate surface area is 107 Å². The average molecular weight is 250 g/mol. The molecule has 18 heavy (non-hydrogen) atoms. The molecular formula is C13H18N2O3. The van der Waals surface area contributed by atoms with Gasteiger partial charge < -0.3 is 15.4 Å². The zero-order valence-corrected chi connectivity index (χ0v) is 10.7. The number of rotatable bonds is 6. The lowest BCUT2D eigenvalue weighted by Crippen LogP contribution is -2.20. The fourth-order valence-corrected chi connectivity index (χ4v) is 1.37. The van der Waals surface area contributed by atoms with E-state index in [1.54, 1.807) is 19.2 Å². The molecule has 5 nitrogen and oxygen atoms in total. The van der Waals surface area contributed by atoms with Gasteiger partial charge in [-0.05, 0) is 24.6 Å². The molecule has 0 aliphatic heterocycles. The molecule has 0 aliphatic carbocycles. The molecule has 0 saturated heterocycles. The Kier molecular flexibility index (Phi) is 5.87. The van der Waals surface area contributed by atoms with E-state index >= 15 is 0 Å². The number of anilines is 1. The second-order valence-electron chi connectivity index (χ2n) is 3.73. The van der Waals surface area contributed by atoms with Gasteiger partial charge in [-0.1, -0.05) is 12.1 Å². The van der Waals surface area contributed by atoms with Gasteiger partial charge >= 0.3 is 0 Å². The first-order valence-corrected chi connectivity index (χ1v) is 5.82. The van der Waals surface area contributed by atoms with Gasteiger partial charge in [-0.15, -0.1) is 0 Å². The van der Waals surface area contributed by atoms with Crippen molar-refractivity contribution in [3.8, 4) is 0 Å². The quantitative estimate of drug-likeness (QED) is 0.790. The van der Waals surface area contributed by atoms with E-state index < -0.39 is 0 Å². The van der Waals surface area contributed by atoms with E-state index in [1.165, 1.54) is 0 Å². The molecule has 0 bridgehead atoms. The van der Waals surface area contributed by atoms with E-state index in [9.17, 15) is 9.59 Å². The monoisotopic (exact) mass is 250 g/mol. The molecule has 1 aromatic rings. The number of nitrogens with one attached hydrogen (secondary N) is 2. The maximum Gasteiger partial charge on any atom is 0.250 e. The van der Waals surface area contributed by atoms with Crippen LogP contribution in [-0.4, -0.2) is 32.1 Å². The summed E-state index contributed by atoms with van der Waals surface area (Å²) in [6.45, 7) is 2.40. The van der Waals surface area contributed by atoms with Gasteiger partial charge in [0.1, 0.15) is 6.61 Å². The van der Waals surface area contributed by atoms with Gasteiger partial charge in [-0.25, -0.2) is 0 Å². The van der Waals surface area contributed by atoms with Gasteiger partial charge in [-0.2, -0.15) is 0 Å². The van der Waals surface area contributed by atoms with Crippen LogP contribution < -0.4 is 10.6 Å². The zero-order chi connectivity index (χ0) is 13.4. The Morgan fingerprint density at radius 1 is 1.17 bits per heavy atom. The summed E-state index contributed by atoms with van der Waals surface area (Å²) in [5, 5.41) is 5.26. The number of carbonyl (C=O) groups is 2. The molecule has 2 amide bonds. The molecule has 0 heterocycles. The van der Waals surface area contributed by atoms with Crippen LogP contribution in [0.15, 0.2) is 24.3 Å². The smallest absolute Gasteiger partial charge is 0.250 e. The highest BCUT2D eigenvalue weighted by Crippen LogP contribution is 2.10. The van der Waals surface area contributed by atoms with Crippen molar-refractivity contribution in [2.24, 2.45) is 0 Å². The Morgan fingerprint density at radius 2 is 1.83 bits per heavy atom. The van der Waals surface area contributed by atoms with Gasteiger partial charge in [0.15, 0.2) is 0 Å². The highest BCUT2D eigenvalue weighted by molar-refractivity contribution is 5.91. The van der Waals surface area contributed by atoms with Crippen molar-refractivity contribution in [1.82, 2.24) is 5.32 Å². The summed E-state index contributed by atoms with van der Waals surface area (Å²) in [5.41, 5.74) is 1.59. The normalized spacial score (nSPS) is 9.89. The fourth-order valence-electron chi connectivity index (χ4n) is 1.37. The van der Waals surface area contributed by atoms with Crippen molar-refractivity contribution in [2.45, 2.75) is 13.3 Å². The second kappa shape index (κ2) is 7.45. The number of benzene rings is 1. The molecule has 0 aromatic heterocycles. The summed E-state index contributed by atoms with van der Waals surface area (Å²) < 4.78 is 4.99. The first-order valence-electron chi connectivity index (χ1n) is 5.82. The maximum atomic E-state index is 11.4. The molecular weight excluding hydrogens is 232 g/mol. The van der Waals surface area contributed by atoms with Crippen LogP contribution in [0, 0.1) is 0 Å². The number of carbonyl (C=O) groups excluding carboxylic acids is 2. The van der Waals surface area contributed by atoms with Gasteiger partial charge in [0.05, 0.1) is 6.42 Å². The minimum Gasteiger partial charge on any atom is -0.372 e. The lowest BCUT2D eigenvalue weighted by atomic mass is 10.1. The summed E-state index contributed by atoms with van der Waals surface area (Å²) in [6.07, 6.45) is 0.337. The van der Waals surface area contributed by atoms with E-state index in [1.807, 2.05) is 19.1 Å². The Bertz CT molecular complexity index is 401. The third-order valence-electron chi connectivity index (χ3n) is 2.32. The van der Waals surface area contributed by atoms with Gasteiger partial charge in [-0.3, -0.25) is 9.59 Å². The fraction of sp³-hybridized carbons (Fsp3) is 0.385. The van der Waals surface area contributed by atoms with Crippen molar-refractivity contribution < 1.29 is 14.3 Å². The minimum atomic E-state index is -0.184. The van der Waals surface area contributed by atoms with Crippen molar-refractivity contribution in [3.05, 3.63) is 29.8 Å². The van der Waals surface area contributed by atoms with E-state index in [2.05, 4.69) is 10.6 Å². The van der Waals surface area contributed by atoms with Gasteiger partial charge in [0, 0.05) is 19.3 Å². The van der Waals surface area contributed by atoms with Crippen LogP contribution in [0.3, 0.4) is 0 Å². The van der Waals surface area contributed by atoms with E-state index in [0.717, 1.165) is 5.56 Å². The van der Waals surface area contributed by atoms with Gasteiger partial charge in [0.25, 0.3) is 0 Å². The molecule has 1 aromatic carbocycles. The number of likely N-dealkylation sites (N-methyl/N-ethyl adjacent to an activating group) is 1. The largest absolute Gasteiger partial charge is 0.372 e. The summed E-state index contributed by atoms with van der Waals surface area (Å²) >= 11 is 0. The van der Waals surface area contributed by atoms with Crippen LogP contribution in [0.2, 0.25) is 0 Å². The van der Waals surface area contributed by atoms with E-state index in [0.29, 0.717) is 18.7 Å². The highest BCUT2D eigenvalue weighted by atomic mass is 16.5. The number of ether oxygens (including phenoxy) is 1. The molecule has 0 atom stereocenters. The molecule has 0 fully saturated rings. The Morgan fingerprint density at radius 3 is 2.39 bits per heavy atom. The lowest BCUT2D eigenvalue weighted by Gasteiger charge is -2.06. The van der Waals surface area contributed by atoms with Gasteiger partial charge in [0.2, 0.25) is 11.8 Å². The average Bonchev–Trinajstić information content (AvgIpc) is 2.38. The lowest BCUT2D eigenvalue weighted by molar-refractivity contribution is -0.121. The van der Waals surface area contributed by atoms with Crippen LogP contribution in [0.25, 0.3) is 0 Å². The number of hydrogen-bond acceptors (Lipinski definition) is 3. The molecule has 5 heteroatoms. The standard InChI is InChI=1S/C13H18N2O3/c1-3-18-9-13(17)15-11-6-4-10(5-7-11)8-12(16)14-2/h4-7H,3,8-9H2,1-2H3,(H,14,16)(H,15,17). The molecule has 0 unspecified atom stereocenters. The predicted molar refractivity (Wildman–Crippen MR) is 69.3 cm³/mol. The minimum absolute atomic E-state index is 0.0388. The molecule has 0 aliphatic rings. The first-order chi connectivity index (χ1) is 8.65. The molecule has 0 saturated carbocycles. The Hall–Kier alpha value is -1.88. The zero-order valence-electron chi connectivity index (χ0n) is 10.7. The molecule has 98 valence electrons. The maximum absolute atomic E-state index is 11.4. The van der Waals surface area contributed by atoms with Crippen molar-refractivity contribution in [2.75, 3.05) is 25.6 Å². The molecule has 0 spiro atoms. The third-order valence-corrected chi connectivity index (χ3v) is 2.32. The molecule has 2 N–H and O–H groups in total. The third kappa shape index (κ3) is 4.97. The second-order valence-corrected chi connectivity index (χ2v) is 3.73. The number of amides is 2. The van der Waals surface area contributed by atoms with Crippen molar-refractivity contribution in [3.63, 3.8) is 0 Å². The van der Waals surface area contributed by atoms with Crippen molar-refractivity contribution in [1.29, 1.82) is 0 Å². The summed E-state index contributed by atoms with van der Waals surface area (Å²) in [5.74, 6) is -0.223. The predicted octanol–water partition coefficient (Wildman–Crippen LogP) is 0.950. The van der Waals surface area contributed by atoms with E-state index in [-0.39, 0.29) is 18.4 Å². The van der Waals surface area contributed by atoms with Crippen LogP contribution >= 0.6 is 0 Å². The Balaban J connectivity index is 2.49. The summed E-state index contributed by atoms with van der Waals surface area (Å²) in [6, 6.07) is 7.15. The SMILES string of the molecule is CCOCC(=O)Nc1ccc(CC(=O)NC)cc1. The summed E-state index contributed by atoms with van der Waals surface area (Å²) in [7, 11) is 1.60. The number of hydrogen-bond donors (Lipinski definition) is 2. The van der Waals surface area contributed by atoms with Crippen LogP contribution in [0.4, 0.5) is 5.69 Å². The van der Waals surface area contributed by atoms with Crippen LogP contribution in [0.5, 0.6) is 0 Å². The first kappa shape index (κ1) is 14.2.